The fraction of sp³-hybridized carbons (Fsp3) is 0.261. The Hall–Kier alpha value is -2.64. The lowest BCUT2D eigenvalue weighted by molar-refractivity contribution is -0.141. The van der Waals surface area contributed by atoms with Crippen molar-refractivity contribution >= 4 is 46.3 Å². The monoisotopic (exact) mass is 441 g/mol. The predicted octanol–water partition coefficient (Wildman–Crippen LogP) is 4.73. The predicted molar refractivity (Wildman–Crippen MR) is 123 cm³/mol. The standard InChI is InChI=1S/C23H23NO4S2/c1-16-7-3-4-9-18(16)15-28-19-10-5-8-17(13-19)14-20-22(26)24(23(29)30-20)12-6-11-21(25)27-2/h3-5,7-10,13-14H,6,11-12,15H2,1-2H3/b20-14+. The van der Waals surface area contributed by atoms with Gasteiger partial charge in [-0.05, 0) is 48.2 Å². The van der Waals surface area contributed by atoms with Gasteiger partial charge in [0.05, 0.1) is 12.0 Å². The summed E-state index contributed by atoms with van der Waals surface area (Å²) in [5, 5.41) is 0. The summed E-state index contributed by atoms with van der Waals surface area (Å²) < 4.78 is 11.1. The van der Waals surface area contributed by atoms with Gasteiger partial charge in [0.25, 0.3) is 5.91 Å². The molecule has 0 spiro atoms. The average Bonchev–Trinajstić information content (AvgIpc) is 3.00. The molecule has 1 fully saturated rings. The van der Waals surface area contributed by atoms with Gasteiger partial charge in [0.15, 0.2) is 0 Å². The minimum atomic E-state index is -0.293. The Morgan fingerprint density at radius 1 is 1.20 bits per heavy atom. The molecule has 0 N–H and O–H groups in total. The second-order valence-electron chi connectivity index (χ2n) is 6.80. The number of thiocarbonyl (C=S) groups is 1. The lowest BCUT2D eigenvalue weighted by Gasteiger charge is -2.13. The molecule has 0 atom stereocenters. The molecule has 0 radical (unpaired) electrons. The Bertz CT molecular complexity index is 987. The van der Waals surface area contributed by atoms with E-state index in [2.05, 4.69) is 17.7 Å². The lowest BCUT2D eigenvalue weighted by Crippen LogP contribution is -2.29. The van der Waals surface area contributed by atoms with E-state index in [-0.39, 0.29) is 18.3 Å². The summed E-state index contributed by atoms with van der Waals surface area (Å²) >= 11 is 6.61. The summed E-state index contributed by atoms with van der Waals surface area (Å²) in [6.07, 6.45) is 2.59. The Balaban J connectivity index is 1.64. The minimum Gasteiger partial charge on any atom is -0.489 e. The fourth-order valence-electron chi connectivity index (χ4n) is 2.95. The van der Waals surface area contributed by atoms with Crippen molar-refractivity contribution in [1.82, 2.24) is 4.90 Å². The molecule has 1 saturated heterocycles. The topological polar surface area (TPSA) is 55.8 Å². The van der Waals surface area contributed by atoms with E-state index in [0.29, 0.717) is 28.8 Å². The summed E-state index contributed by atoms with van der Waals surface area (Å²) in [5.41, 5.74) is 3.19. The molecule has 2 aromatic carbocycles. The Labute approximate surface area is 186 Å². The molecule has 0 aromatic heterocycles. The fourth-order valence-corrected chi connectivity index (χ4v) is 4.26. The summed E-state index contributed by atoms with van der Waals surface area (Å²) in [6, 6.07) is 15.7. The third kappa shape index (κ3) is 5.70. The van der Waals surface area contributed by atoms with Crippen molar-refractivity contribution in [3.05, 3.63) is 70.1 Å². The summed E-state index contributed by atoms with van der Waals surface area (Å²) in [6.45, 7) is 2.94. The van der Waals surface area contributed by atoms with Crippen LogP contribution in [0.4, 0.5) is 0 Å². The van der Waals surface area contributed by atoms with E-state index in [9.17, 15) is 9.59 Å². The second kappa shape index (κ2) is 10.4. The van der Waals surface area contributed by atoms with E-state index in [1.165, 1.54) is 29.3 Å². The summed E-state index contributed by atoms with van der Waals surface area (Å²) in [4.78, 5) is 26.1. The van der Waals surface area contributed by atoms with Crippen molar-refractivity contribution in [2.45, 2.75) is 26.4 Å². The van der Waals surface area contributed by atoms with Gasteiger partial charge in [-0.25, -0.2) is 0 Å². The zero-order valence-corrected chi connectivity index (χ0v) is 18.6. The van der Waals surface area contributed by atoms with Crippen molar-refractivity contribution in [3.8, 4) is 5.75 Å². The van der Waals surface area contributed by atoms with E-state index in [1.54, 1.807) is 0 Å². The van der Waals surface area contributed by atoms with Gasteiger partial charge in [0.1, 0.15) is 16.7 Å². The maximum absolute atomic E-state index is 12.7. The molecule has 0 unspecified atom stereocenters. The molecule has 1 aliphatic rings. The summed E-state index contributed by atoms with van der Waals surface area (Å²) in [7, 11) is 1.35. The number of methoxy groups -OCH3 is 1. The van der Waals surface area contributed by atoms with Crippen LogP contribution in [-0.4, -0.2) is 34.8 Å². The van der Waals surface area contributed by atoms with Crippen LogP contribution in [0.25, 0.3) is 6.08 Å². The third-order valence-corrected chi connectivity index (χ3v) is 6.05. The van der Waals surface area contributed by atoms with Gasteiger partial charge >= 0.3 is 5.97 Å². The third-order valence-electron chi connectivity index (χ3n) is 4.68. The highest BCUT2D eigenvalue weighted by molar-refractivity contribution is 8.26. The van der Waals surface area contributed by atoms with Crippen LogP contribution < -0.4 is 4.74 Å². The van der Waals surface area contributed by atoms with Gasteiger partial charge in [-0.3, -0.25) is 14.5 Å². The highest BCUT2D eigenvalue weighted by Gasteiger charge is 2.31. The molecule has 1 aliphatic heterocycles. The molecule has 156 valence electrons. The number of ether oxygens (including phenoxy) is 2. The number of hydrogen-bond acceptors (Lipinski definition) is 6. The zero-order chi connectivity index (χ0) is 21.5. The molecule has 3 rings (SSSR count). The Kier molecular flexibility index (Phi) is 7.65. The molecule has 30 heavy (non-hydrogen) atoms. The molecule has 5 nitrogen and oxygen atoms in total. The quantitative estimate of drug-likeness (QED) is 0.335. The molecule has 0 bridgehead atoms. The van der Waals surface area contributed by atoms with Crippen LogP contribution in [0.1, 0.15) is 29.5 Å². The van der Waals surface area contributed by atoms with E-state index in [0.717, 1.165) is 16.9 Å². The van der Waals surface area contributed by atoms with Crippen LogP contribution in [0.2, 0.25) is 0 Å². The average molecular weight is 442 g/mol. The highest BCUT2D eigenvalue weighted by Crippen LogP contribution is 2.33. The minimum absolute atomic E-state index is 0.138. The van der Waals surface area contributed by atoms with E-state index < -0.39 is 0 Å². The molecule has 1 heterocycles. The Morgan fingerprint density at radius 3 is 2.77 bits per heavy atom. The largest absolute Gasteiger partial charge is 0.489 e. The number of nitrogens with zero attached hydrogens (tertiary/aromatic N) is 1. The lowest BCUT2D eigenvalue weighted by atomic mass is 10.1. The van der Waals surface area contributed by atoms with Crippen LogP contribution in [0.3, 0.4) is 0 Å². The zero-order valence-electron chi connectivity index (χ0n) is 16.9. The number of benzene rings is 2. The molecular formula is C23H23NO4S2. The number of amides is 1. The van der Waals surface area contributed by atoms with E-state index in [4.69, 9.17) is 17.0 Å². The van der Waals surface area contributed by atoms with Gasteiger partial charge < -0.3 is 9.47 Å². The normalized spacial score (nSPS) is 15.0. The van der Waals surface area contributed by atoms with Crippen LogP contribution in [0, 0.1) is 6.92 Å². The first kappa shape index (κ1) is 22.1. The van der Waals surface area contributed by atoms with Crippen molar-refractivity contribution in [2.75, 3.05) is 13.7 Å². The first-order chi connectivity index (χ1) is 14.5. The Morgan fingerprint density at radius 2 is 2.00 bits per heavy atom. The number of esters is 1. The number of carbonyl (C=O) groups excluding carboxylic acids is 2. The molecular weight excluding hydrogens is 418 g/mol. The smallest absolute Gasteiger partial charge is 0.305 e. The van der Waals surface area contributed by atoms with Crippen molar-refractivity contribution in [1.29, 1.82) is 0 Å². The number of aryl methyl sites for hydroxylation is 1. The van der Waals surface area contributed by atoms with Crippen LogP contribution in [0.15, 0.2) is 53.4 Å². The van der Waals surface area contributed by atoms with Crippen molar-refractivity contribution < 1.29 is 19.1 Å². The number of carbonyl (C=O) groups is 2. The van der Waals surface area contributed by atoms with E-state index >= 15 is 0 Å². The van der Waals surface area contributed by atoms with Gasteiger partial charge in [-0.2, -0.15) is 0 Å². The van der Waals surface area contributed by atoms with E-state index in [1.807, 2.05) is 48.5 Å². The summed E-state index contributed by atoms with van der Waals surface area (Å²) in [5.74, 6) is 0.306. The first-order valence-electron chi connectivity index (χ1n) is 9.57. The number of hydrogen-bond donors (Lipinski definition) is 0. The second-order valence-corrected chi connectivity index (χ2v) is 8.48. The van der Waals surface area contributed by atoms with Crippen LogP contribution >= 0.6 is 24.0 Å². The first-order valence-corrected chi connectivity index (χ1v) is 10.8. The molecule has 2 aromatic rings. The maximum Gasteiger partial charge on any atom is 0.305 e. The van der Waals surface area contributed by atoms with Crippen LogP contribution in [0.5, 0.6) is 5.75 Å². The number of rotatable bonds is 8. The molecule has 0 saturated carbocycles. The maximum atomic E-state index is 12.7. The molecule has 0 aliphatic carbocycles. The van der Waals surface area contributed by atoms with Crippen molar-refractivity contribution in [3.63, 3.8) is 0 Å². The van der Waals surface area contributed by atoms with Crippen LogP contribution in [-0.2, 0) is 20.9 Å². The highest BCUT2D eigenvalue weighted by atomic mass is 32.2. The SMILES string of the molecule is COC(=O)CCCN1C(=O)/C(=C\c2cccc(OCc3ccccc3C)c2)SC1=S. The number of thioether (sulfide) groups is 1. The van der Waals surface area contributed by atoms with Gasteiger partial charge in [-0.15, -0.1) is 0 Å². The van der Waals surface area contributed by atoms with Gasteiger partial charge in [0, 0.05) is 13.0 Å². The van der Waals surface area contributed by atoms with Gasteiger partial charge in [-0.1, -0.05) is 60.4 Å². The molecule has 7 heteroatoms. The van der Waals surface area contributed by atoms with Gasteiger partial charge in [0.2, 0.25) is 0 Å². The molecule has 1 amide bonds. The van der Waals surface area contributed by atoms with Crippen molar-refractivity contribution in [2.24, 2.45) is 0 Å².